The van der Waals surface area contributed by atoms with Crippen LogP contribution in [-0.4, -0.2) is 0 Å². The maximum Gasteiger partial charge on any atom is 0.134 e. The summed E-state index contributed by atoms with van der Waals surface area (Å²) in [7, 11) is 0. The van der Waals surface area contributed by atoms with Gasteiger partial charge < -0.3 is 0 Å². The SMILES string of the molecule is C=CCCc1ccc2cc(-c3cc(F)c(-c4ccc(F)cc4)c(F)c3)ccc2c1. The first-order chi connectivity index (χ1) is 14.0. The van der Waals surface area contributed by atoms with Gasteiger partial charge in [-0.3, -0.25) is 0 Å². The molecule has 0 aliphatic rings. The number of benzene rings is 4. The molecule has 3 heteroatoms. The van der Waals surface area contributed by atoms with Gasteiger partial charge in [-0.25, -0.2) is 13.2 Å². The van der Waals surface area contributed by atoms with Crippen molar-refractivity contribution in [1.82, 2.24) is 0 Å². The van der Waals surface area contributed by atoms with Crippen molar-refractivity contribution in [3.8, 4) is 22.3 Å². The smallest absolute Gasteiger partial charge is 0.134 e. The van der Waals surface area contributed by atoms with Gasteiger partial charge >= 0.3 is 0 Å². The van der Waals surface area contributed by atoms with Crippen LogP contribution >= 0.6 is 0 Å². The highest BCUT2D eigenvalue weighted by molar-refractivity contribution is 5.88. The van der Waals surface area contributed by atoms with Crippen LogP contribution in [0.2, 0.25) is 0 Å². The Hall–Kier alpha value is -3.33. The van der Waals surface area contributed by atoms with E-state index in [-0.39, 0.29) is 5.56 Å². The summed E-state index contributed by atoms with van der Waals surface area (Å²) in [4.78, 5) is 0. The minimum atomic E-state index is -0.675. The van der Waals surface area contributed by atoms with Crippen molar-refractivity contribution in [2.75, 3.05) is 0 Å². The van der Waals surface area contributed by atoms with E-state index in [1.54, 1.807) is 0 Å². The summed E-state index contributed by atoms with van der Waals surface area (Å²) >= 11 is 0. The highest BCUT2D eigenvalue weighted by Gasteiger charge is 2.14. The van der Waals surface area contributed by atoms with Crippen molar-refractivity contribution in [3.63, 3.8) is 0 Å². The molecule has 4 aromatic carbocycles. The lowest BCUT2D eigenvalue weighted by Gasteiger charge is -2.10. The third kappa shape index (κ3) is 3.95. The van der Waals surface area contributed by atoms with Gasteiger partial charge in [-0.05, 0) is 76.2 Å². The number of rotatable bonds is 5. The van der Waals surface area contributed by atoms with E-state index in [2.05, 4.69) is 18.7 Å². The van der Waals surface area contributed by atoms with Crippen LogP contribution < -0.4 is 0 Å². The van der Waals surface area contributed by atoms with Crippen molar-refractivity contribution in [1.29, 1.82) is 0 Å². The summed E-state index contributed by atoms with van der Waals surface area (Å²) in [6, 6.07) is 19.7. The quantitative estimate of drug-likeness (QED) is 0.307. The largest absolute Gasteiger partial charge is 0.207 e. The number of hydrogen-bond acceptors (Lipinski definition) is 0. The van der Waals surface area contributed by atoms with Crippen LogP contribution in [0, 0.1) is 17.5 Å². The van der Waals surface area contributed by atoms with E-state index in [0.717, 1.165) is 29.2 Å². The van der Waals surface area contributed by atoms with Crippen LogP contribution in [0.1, 0.15) is 12.0 Å². The lowest BCUT2D eigenvalue weighted by molar-refractivity contribution is 0.590. The molecule has 144 valence electrons. The van der Waals surface area contributed by atoms with Crippen LogP contribution in [0.4, 0.5) is 13.2 Å². The molecule has 0 amide bonds. The van der Waals surface area contributed by atoms with E-state index >= 15 is 0 Å². The summed E-state index contributed by atoms with van der Waals surface area (Å²) in [5, 5.41) is 2.09. The molecule has 0 saturated heterocycles. The fourth-order valence-corrected chi connectivity index (χ4v) is 3.53. The maximum absolute atomic E-state index is 14.7. The summed E-state index contributed by atoms with van der Waals surface area (Å²) in [6.45, 7) is 3.75. The van der Waals surface area contributed by atoms with Crippen molar-refractivity contribution in [3.05, 3.63) is 108 Å². The Balaban J connectivity index is 1.71. The molecule has 0 bridgehead atoms. The Bertz CT molecular complexity index is 1170. The number of hydrogen-bond donors (Lipinski definition) is 0. The third-order valence-electron chi connectivity index (χ3n) is 5.05. The molecule has 0 heterocycles. The van der Waals surface area contributed by atoms with Gasteiger partial charge in [0, 0.05) is 0 Å². The second kappa shape index (κ2) is 7.96. The third-order valence-corrected chi connectivity index (χ3v) is 5.05. The van der Waals surface area contributed by atoms with E-state index < -0.39 is 17.5 Å². The molecule has 0 saturated carbocycles. The second-order valence-electron chi connectivity index (χ2n) is 7.05. The molecule has 4 aromatic rings. The molecule has 29 heavy (non-hydrogen) atoms. The number of halogens is 3. The Kier molecular flexibility index (Phi) is 5.22. The lowest BCUT2D eigenvalue weighted by Crippen LogP contribution is -1.93. The molecule has 4 rings (SSSR count). The highest BCUT2D eigenvalue weighted by Crippen LogP contribution is 2.32. The summed E-state index contributed by atoms with van der Waals surface area (Å²) in [5.41, 5.74) is 2.58. The predicted molar refractivity (Wildman–Crippen MR) is 113 cm³/mol. The first-order valence-corrected chi connectivity index (χ1v) is 9.44. The van der Waals surface area contributed by atoms with E-state index in [9.17, 15) is 13.2 Å². The number of fused-ring (bicyclic) bond motifs is 1. The van der Waals surface area contributed by atoms with E-state index in [1.807, 2.05) is 30.3 Å². The Labute approximate surface area is 167 Å². The van der Waals surface area contributed by atoms with Crippen LogP contribution in [-0.2, 0) is 6.42 Å². The minimum Gasteiger partial charge on any atom is -0.207 e. The fraction of sp³-hybridized carbons (Fsp3) is 0.0769. The summed E-state index contributed by atoms with van der Waals surface area (Å²) < 4.78 is 42.6. The number of aryl methyl sites for hydroxylation is 1. The van der Waals surface area contributed by atoms with Crippen LogP contribution in [0.25, 0.3) is 33.0 Å². The Morgan fingerprint density at radius 2 is 1.28 bits per heavy atom. The molecule has 0 aliphatic carbocycles. The van der Waals surface area contributed by atoms with E-state index in [4.69, 9.17) is 0 Å². The Morgan fingerprint density at radius 1 is 0.655 bits per heavy atom. The predicted octanol–water partition coefficient (Wildman–Crippen LogP) is 7.71. The second-order valence-corrected chi connectivity index (χ2v) is 7.05. The average molecular weight is 388 g/mol. The zero-order valence-corrected chi connectivity index (χ0v) is 15.8. The molecule has 0 aromatic heterocycles. The first-order valence-electron chi connectivity index (χ1n) is 9.44. The minimum absolute atomic E-state index is 0.151. The maximum atomic E-state index is 14.7. The lowest BCUT2D eigenvalue weighted by atomic mass is 9.96. The van der Waals surface area contributed by atoms with Gasteiger partial charge in [-0.15, -0.1) is 6.58 Å². The normalized spacial score (nSPS) is 11.0. The van der Waals surface area contributed by atoms with E-state index in [1.165, 1.54) is 42.0 Å². The molecule has 0 unspecified atom stereocenters. The van der Waals surface area contributed by atoms with Crippen molar-refractivity contribution >= 4 is 10.8 Å². The topological polar surface area (TPSA) is 0 Å². The van der Waals surface area contributed by atoms with Crippen molar-refractivity contribution in [2.45, 2.75) is 12.8 Å². The van der Waals surface area contributed by atoms with Gasteiger partial charge in [-0.1, -0.05) is 48.5 Å². The summed E-state index contributed by atoms with van der Waals surface area (Å²) in [6.07, 6.45) is 3.75. The van der Waals surface area contributed by atoms with Crippen LogP contribution in [0.5, 0.6) is 0 Å². The first kappa shape index (κ1) is 19.0. The Morgan fingerprint density at radius 3 is 1.97 bits per heavy atom. The van der Waals surface area contributed by atoms with Crippen molar-refractivity contribution < 1.29 is 13.2 Å². The molecule has 0 atom stereocenters. The standard InChI is InChI=1S/C26H19F3/c1-2-3-4-17-5-6-20-14-21(8-7-19(20)13-17)22-15-24(28)26(25(29)16-22)18-9-11-23(27)12-10-18/h2,5-16H,1,3-4H2. The average Bonchev–Trinajstić information content (AvgIpc) is 2.72. The van der Waals surface area contributed by atoms with Crippen molar-refractivity contribution in [2.24, 2.45) is 0 Å². The molecular formula is C26H19F3. The highest BCUT2D eigenvalue weighted by atomic mass is 19.1. The molecular weight excluding hydrogens is 369 g/mol. The van der Waals surface area contributed by atoms with Gasteiger partial charge in [-0.2, -0.15) is 0 Å². The van der Waals surface area contributed by atoms with Crippen LogP contribution in [0.3, 0.4) is 0 Å². The molecule has 0 radical (unpaired) electrons. The van der Waals surface area contributed by atoms with Gasteiger partial charge in [0.2, 0.25) is 0 Å². The zero-order chi connectivity index (χ0) is 20.4. The zero-order valence-electron chi connectivity index (χ0n) is 15.8. The monoisotopic (exact) mass is 388 g/mol. The fourth-order valence-electron chi connectivity index (χ4n) is 3.53. The number of allylic oxidation sites excluding steroid dienone is 1. The molecule has 0 N–H and O–H groups in total. The van der Waals surface area contributed by atoms with Gasteiger partial charge in [0.15, 0.2) is 0 Å². The molecule has 0 fully saturated rings. The molecule has 0 aliphatic heterocycles. The summed E-state index contributed by atoms with van der Waals surface area (Å²) in [5.74, 6) is -1.80. The molecule has 0 nitrogen and oxygen atoms in total. The van der Waals surface area contributed by atoms with Gasteiger partial charge in [0.1, 0.15) is 17.5 Å². The van der Waals surface area contributed by atoms with E-state index in [0.29, 0.717) is 11.1 Å². The van der Waals surface area contributed by atoms with Crippen LogP contribution in [0.15, 0.2) is 85.5 Å². The molecule has 0 spiro atoms. The van der Waals surface area contributed by atoms with Gasteiger partial charge in [0.25, 0.3) is 0 Å². The van der Waals surface area contributed by atoms with Gasteiger partial charge in [0.05, 0.1) is 5.56 Å².